The van der Waals surface area contributed by atoms with Gasteiger partial charge in [-0.15, -0.1) is 0 Å². The van der Waals surface area contributed by atoms with Crippen molar-refractivity contribution in [1.82, 2.24) is 15.2 Å². The van der Waals surface area contributed by atoms with Crippen molar-refractivity contribution in [3.63, 3.8) is 0 Å². The fraction of sp³-hybridized carbons (Fsp3) is 0.300. The van der Waals surface area contributed by atoms with E-state index >= 15 is 0 Å². The van der Waals surface area contributed by atoms with Crippen molar-refractivity contribution in [3.8, 4) is 0 Å². The molecular formula is C10H10IN3. The van der Waals surface area contributed by atoms with E-state index in [9.17, 15) is 0 Å². The summed E-state index contributed by atoms with van der Waals surface area (Å²) in [5.41, 5.74) is 1.97. The Morgan fingerprint density at radius 1 is 1.29 bits per heavy atom. The largest absolute Gasteiger partial charge is 0.264 e. The van der Waals surface area contributed by atoms with Crippen LogP contribution in [-0.2, 0) is 0 Å². The van der Waals surface area contributed by atoms with Gasteiger partial charge in [0.1, 0.15) is 0 Å². The quantitative estimate of drug-likeness (QED) is 0.600. The first-order chi connectivity index (χ1) is 6.70. The molecule has 72 valence electrons. The normalized spacial score (nSPS) is 13.1. The van der Waals surface area contributed by atoms with Gasteiger partial charge < -0.3 is 0 Å². The zero-order chi connectivity index (χ0) is 10.1. The summed E-state index contributed by atoms with van der Waals surface area (Å²) in [5, 5.41) is 10.6. The molecule has 2 rings (SSSR count). The Kier molecular flexibility index (Phi) is 2.62. The molecule has 0 amide bonds. The highest BCUT2D eigenvalue weighted by molar-refractivity contribution is 14.1. The van der Waals surface area contributed by atoms with Crippen LogP contribution < -0.4 is 0 Å². The molecule has 0 aliphatic rings. The van der Waals surface area contributed by atoms with Gasteiger partial charge in [0.25, 0.3) is 0 Å². The molecule has 0 aromatic carbocycles. The van der Waals surface area contributed by atoms with E-state index in [1.807, 2.05) is 19.2 Å². The zero-order valence-electron chi connectivity index (χ0n) is 8.03. The van der Waals surface area contributed by atoms with Crippen molar-refractivity contribution in [2.75, 3.05) is 0 Å². The Balaban J connectivity index is 2.82. The van der Waals surface area contributed by atoms with Crippen LogP contribution in [0.3, 0.4) is 0 Å². The van der Waals surface area contributed by atoms with Crippen molar-refractivity contribution in [1.29, 1.82) is 0 Å². The highest BCUT2D eigenvalue weighted by Gasteiger charge is 2.10. The molecule has 1 atom stereocenters. The molecule has 1 unspecified atom stereocenters. The van der Waals surface area contributed by atoms with Gasteiger partial charge in [-0.1, -0.05) is 22.6 Å². The molecule has 0 bridgehead atoms. The predicted octanol–water partition coefficient (Wildman–Crippen LogP) is 2.83. The van der Waals surface area contributed by atoms with Crippen LogP contribution in [0.5, 0.6) is 0 Å². The second-order valence-electron chi connectivity index (χ2n) is 3.21. The van der Waals surface area contributed by atoms with Gasteiger partial charge in [0, 0.05) is 23.2 Å². The topological polar surface area (TPSA) is 38.7 Å². The molecule has 14 heavy (non-hydrogen) atoms. The van der Waals surface area contributed by atoms with Gasteiger partial charge in [0.05, 0.1) is 15.3 Å². The molecular weight excluding hydrogens is 289 g/mol. The van der Waals surface area contributed by atoms with Crippen LogP contribution in [0.2, 0.25) is 0 Å². The molecule has 0 aliphatic heterocycles. The van der Waals surface area contributed by atoms with E-state index in [-0.39, 0.29) is 0 Å². The van der Waals surface area contributed by atoms with E-state index in [4.69, 9.17) is 0 Å². The third kappa shape index (κ3) is 1.58. The van der Waals surface area contributed by atoms with E-state index < -0.39 is 0 Å². The predicted molar refractivity (Wildman–Crippen MR) is 64.5 cm³/mol. The lowest BCUT2D eigenvalue weighted by Gasteiger charge is -2.07. The van der Waals surface area contributed by atoms with E-state index in [1.54, 1.807) is 6.20 Å². The first-order valence-corrected chi connectivity index (χ1v) is 5.65. The van der Waals surface area contributed by atoms with Gasteiger partial charge in [-0.2, -0.15) is 10.2 Å². The fourth-order valence-electron chi connectivity index (χ4n) is 1.44. The number of hydrogen-bond donors (Lipinski definition) is 0. The summed E-state index contributed by atoms with van der Waals surface area (Å²) in [4.78, 5) is 4.13. The summed E-state index contributed by atoms with van der Waals surface area (Å²) in [7, 11) is 0. The Morgan fingerprint density at radius 2 is 2.07 bits per heavy atom. The van der Waals surface area contributed by atoms with Gasteiger partial charge in [-0.05, 0) is 19.9 Å². The molecule has 0 spiro atoms. The van der Waals surface area contributed by atoms with Gasteiger partial charge in [-0.25, -0.2) is 0 Å². The molecule has 0 fully saturated rings. The van der Waals surface area contributed by atoms with Crippen LogP contribution in [0.1, 0.15) is 22.2 Å². The summed E-state index contributed by atoms with van der Waals surface area (Å²) < 4.78 is 0.354. The second kappa shape index (κ2) is 3.76. The smallest absolute Gasteiger partial charge is 0.0850 e. The van der Waals surface area contributed by atoms with Gasteiger partial charge in [-0.3, -0.25) is 4.98 Å². The molecule has 2 heterocycles. The fourth-order valence-corrected chi connectivity index (χ4v) is 1.90. The van der Waals surface area contributed by atoms with Crippen molar-refractivity contribution >= 4 is 33.4 Å². The van der Waals surface area contributed by atoms with E-state index in [0.717, 1.165) is 22.2 Å². The maximum atomic E-state index is 4.21. The number of rotatable bonds is 1. The van der Waals surface area contributed by atoms with Crippen molar-refractivity contribution in [3.05, 3.63) is 29.8 Å². The summed E-state index contributed by atoms with van der Waals surface area (Å²) in [6.07, 6.45) is 3.65. The van der Waals surface area contributed by atoms with Crippen LogP contribution in [-0.4, -0.2) is 15.2 Å². The Labute approximate surface area is 96.1 Å². The minimum absolute atomic E-state index is 0.354. The first-order valence-electron chi connectivity index (χ1n) is 4.41. The standard InChI is InChI=1S/C10H10IN3/c1-6(11)10-9-5-12-4-3-8(9)7(2)13-14-10/h3-6H,1-2H3. The number of halogens is 1. The van der Waals surface area contributed by atoms with Crippen LogP contribution in [0.4, 0.5) is 0 Å². The van der Waals surface area contributed by atoms with Crippen molar-refractivity contribution in [2.45, 2.75) is 17.8 Å². The molecule has 3 nitrogen and oxygen atoms in total. The lowest BCUT2D eigenvalue weighted by atomic mass is 10.1. The average molecular weight is 299 g/mol. The molecule has 2 aromatic rings. The Hall–Kier alpha value is -0.780. The van der Waals surface area contributed by atoms with Crippen molar-refractivity contribution < 1.29 is 0 Å². The highest BCUT2D eigenvalue weighted by atomic mass is 127. The monoisotopic (exact) mass is 299 g/mol. The number of pyridine rings is 1. The van der Waals surface area contributed by atoms with Gasteiger partial charge in [0.15, 0.2) is 0 Å². The third-order valence-corrected chi connectivity index (χ3v) is 2.76. The number of hydrogen-bond acceptors (Lipinski definition) is 3. The zero-order valence-corrected chi connectivity index (χ0v) is 10.2. The molecule has 0 N–H and O–H groups in total. The SMILES string of the molecule is Cc1nnc(C(C)I)c2cnccc12. The number of alkyl halides is 1. The molecule has 4 heteroatoms. The van der Waals surface area contributed by atoms with Gasteiger partial charge >= 0.3 is 0 Å². The minimum atomic E-state index is 0.354. The van der Waals surface area contributed by atoms with E-state index in [1.165, 1.54) is 0 Å². The molecule has 0 aliphatic carbocycles. The third-order valence-electron chi connectivity index (χ3n) is 2.17. The highest BCUT2D eigenvalue weighted by Crippen LogP contribution is 2.27. The Morgan fingerprint density at radius 3 is 2.79 bits per heavy atom. The molecule has 0 saturated heterocycles. The Bertz CT molecular complexity index is 468. The number of aromatic nitrogens is 3. The number of fused-ring (bicyclic) bond motifs is 1. The van der Waals surface area contributed by atoms with E-state index in [2.05, 4.69) is 44.7 Å². The summed E-state index contributed by atoms with van der Waals surface area (Å²) in [6.45, 7) is 4.07. The van der Waals surface area contributed by atoms with Crippen LogP contribution >= 0.6 is 22.6 Å². The average Bonchev–Trinajstić information content (AvgIpc) is 2.18. The lowest BCUT2D eigenvalue weighted by Crippen LogP contribution is -1.98. The maximum absolute atomic E-state index is 4.21. The van der Waals surface area contributed by atoms with Crippen LogP contribution in [0, 0.1) is 6.92 Å². The molecule has 0 saturated carbocycles. The lowest BCUT2D eigenvalue weighted by molar-refractivity contribution is 0.916. The number of aryl methyl sites for hydroxylation is 1. The number of nitrogens with zero attached hydrogens (tertiary/aromatic N) is 3. The van der Waals surface area contributed by atoms with Crippen LogP contribution in [0.15, 0.2) is 18.5 Å². The molecule has 2 aromatic heterocycles. The second-order valence-corrected chi connectivity index (χ2v) is 5.08. The summed E-state index contributed by atoms with van der Waals surface area (Å²) in [6, 6.07) is 1.99. The summed E-state index contributed by atoms with van der Waals surface area (Å²) >= 11 is 2.34. The van der Waals surface area contributed by atoms with Crippen molar-refractivity contribution in [2.24, 2.45) is 0 Å². The summed E-state index contributed by atoms with van der Waals surface area (Å²) in [5.74, 6) is 0. The minimum Gasteiger partial charge on any atom is -0.264 e. The first kappa shape index (κ1) is 9.76. The molecule has 0 radical (unpaired) electrons. The van der Waals surface area contributed by atoms with Gasteiger partial charge in [0.2, 0.25) is 0 Å². The maximum Gasteiger partial charge on any atom is 0.0850 e. The van der Waals surface area contributed by atoms with E-state index in [0.29, 0.717) is 3.92 Å². The van der Waals surface area contributed by atoms with Crippen LogP contribution in [0.25, 0.3) is 10.8 Å².